The maximum absolute atomic E-state index is 6.03. The highest BCUT2D eigenvalue weighted by Crippen LogP contribution is 2.24. The molecule has 0 atom stereocenters. The lowest BCUT2D eigenvalue weighted by Gasteiger charge is -1.94. The Morgan fingerprint density at radius 1 is 1.05 bits per heavy atom. The first-order chi connectivity index (χ1) is 10.8. The molecule has 0 saturated carbocycles. The summed E-state index contributed by atoms with van der Waals surface area (Å²) in [5, 5.41) is 2.08. The van der Waals surface area contributed by atoms with Crippen molar-refractivity contribution in [1.82, 2.24) is 4.98 Å². The van der Waals surface area contributed by atoms with Crippen LogP contribution >= 0.6 is 34.3 Å². The zero-order chi connectivity index (χ0) is 14.9. The molecule has 0 bridgehead atoms. The SMILES string of the molecule is Clc1ccc2s/c(=N/CCc3c[nH]c4ccccc34)sc2c1. The summed E-state index contributed by atoms with van der Waals surface area (Å²) < 4.78 is 3.57. The fourth-order valence-electron chi connectivity index (χ4n) is 2.53. The number of fused-ring (bicyclic) bond motifs is 2. The second kappa shape index (κ2) is 5.88. The van der Waals surface area contributed by atoms with Gasteiger partial charge in [-0.25, -0.2) is 0 Å². The molecular formula is C17H13ClN2S2. The number of halogens is 1. The predicted molar refractivity (Wildman–Crippen MR) is 97.1 cm³/mol. The summed E-state index contributed by atoms with van der Waals surface area (Å²) in [6, 6.07) is 14.4. The van der Waals surface area contributed by atoms with E-state index in [2.05, 4.69) is 41.5 Å². The second-order valence-corrected chi connectivity index (χ2v) is 7.81. The van der Waals surface area contributed by atoms with Crippen LogP contribution in [-0.4, -0.2) is 11.5 Å². The van der Waals surface area contributed by atoms with Crippen molar-refractivity contribution >= 4 is 54.6 Å². The largest absolute Gasteiger partial charge is 0.361 e. The monoisotopic (exact) mass is 344 g/mol. The summed E-state index contributed by atoms with van der Waals surface area (Å²) in [5.74, 6) is 0. The van der Waals surface area contributed by atoms with Crippen LogP contribution in [0.2, 0.25) is 5.02 Å². The Morgan fingerprint density at radius 2 is 1.91 bits per heavy atom. The summed E-state index contributed by atoms with van der Waals surface area (Å²) in [6.45, 7) is 0.804. The molecule has 2 heterocycles. The fourth-order valence-corrected chi connectivity index (χ4v) is 5.06. The summed E-state index contributed by atoms with van der Waals surface area (Å²) >= 11 is 9.48. The number of nitrogens with one attached hydrogen (secondary N) is 1. The third-order valence-corrected chi connectivity index (χ3v) is 6.20. The van der Waals surface area contributed by atoms with E-state index in [1.807, 2.05) is 12.1 Å². The third-order valence-electron chi connectivity index (χ3n) is 3.60. The highest BCUT2D eigenvalue weighted by molar-refractivity contribution is 7.35. The number of para-hydroxylation sites is 1. The van der Waals surface area contributed by atoms with Crippen LogP contribution in [0.15, 0.2) is 53.7 Å². The number of rotatable bonds is 3. The lowest BCUT2D eigenvalue weighted by atomic mass is 10.1. The first-order valence-electron chi connectivity index (χ1n) is 7.04. The Labute approximate surface area is 140 Å². The molecule has 110 valence electrons. The summed E-state index contributed by atoms with van der Waals surface area (Å²) in [7, 11) is 0. The Kier molecular flexibility index (Phi) is 3.74. The van der Waals surface area contributed by atoms with E-state index in [0.29, 0.717) is 0 Å². The van der Waals surface area contributed by atoms with Crippen molar-refractivity contribution in [3.05, 3.63) is 63.2 Å². The normalized spacial score (nSPS) is 12.5. The molecule has 1 N–H and O–H groups in total. The summed E-state index contributed by atoms with van der Waals surface area (Å²) in [4.78, 5) is 8.05. The minimum Gasteiger partial charge on any atom is -0.361 e. The van der Waals surface area contributed by atoms with Crippen molar-refractivity contribution in [2.75, 3.05) is 6.54 Å². The molecular weight excluding hydrogens is 332 g/mol. The summed E-state index contributed by atoms with van der Waals surface area (Å²) in [5.41, 5.74) is 2.52. The molecule has 2 aromatic heterocycles. The van der Waals surface area contributed by atoms with Gasteiger partial charge in [0.2, 0.25) is 0 Å². The van der Waals surface area contributed by atoms with Gasteiger partial charge in [-0.2, -0.15) is 0 Å². The number of hydrogen-bond donors (Lipinski definition) is 1. The third kappa shape index (κ3) is 2.70. The van der Waals surface area contributed by atoms with E-state index >= 15 is 0 Å². The zero-order valence-corrected chi connectivity index (χ0v) is 14.1. The van der Waals surface area contributed by atoms with E-state index in [0.717, 1.165) is 22.0 Å². The number of H-pyrrole nitrogens is 1. The minimum atomic E-state index is 0.784. The van der Waals surface area contributed by atoms with Gasteiger partial charge in [-0.15, -0.1) is 22.7 Å². The van der Waals surface area contributed by atoms with Crippen LogP contribution in [0.4, 0.5) is 0 Å². The average Bonchev–Trinajstić information content (AvgIpc) is 3.11. The molecule has 2 nitrogen and oxygen atoms in total. The highest BCUT2D eigenvalue weighted by Gasteiger charge is 2.02. The molecule has 22 heavy (non-hydrogen) atoms. The Balaban J connectivity index is 1.58. The zero-order valence-electron chi connectivity index (χ0n) is 11.7. The van der Waals surface area contributed by atoms with E-state index < -0.39 is 0 Å². The van der Waals surface area contributed by atoms with E-state index in [9.17, 15) is 0 Å². The number of aromatic nitrogens is 1. The van der Waals surface area contributed by atoms with Crippen LogP contribution in [0.3, 0.4) is 0 Å². The molecule has 0 spiro atoms. The van der Waals surface area contributed by atoms with Gasteiger partial charge in [-0.3, -0.25) is 4.99 Å². The predicted octanol–water partition coefficient (Wildman–Crippen LogP) is 5.24. The van der Waals surface area contributed by atoms with Crippen LogP contribution in [0.25, 0.3) is 20.3 Å². The number of benzene rings is 2. The molecule has 0 aliphatic heterocycles. The van der Waals surface area contributed by atoms with Gasteiger partial charge in [0, 0.05) is 38.1 Å². The van der Waals surface area contributed by atoms with Crippen molar-refractivity contribution in [1.29, 1.82) is 0 Å². The van der Waals surface area contributed by atoms with Crippen molar-refractivity contribution in [3.63, 3.8) is 0 Å². The number of hydrogen-bond acceptors (Lipinski definition) is 3. The van der Waals surface area contributed by atoms with Crippen LogP contribution in [0.5, 0.6) is 0 Å². The van der Waals surface area contributed by atoms with Crippen LogP contribution in [0.1, 0.15) is 5.56 Å². The van der Waals surface area contributed by atoms with E-state index in [-0.39, 0.29) is 0 Å². The van der Waals surface area contributed by atoms with E-state index in [1.54, 1.807) is 22.7 Å². The van der Waals surface area contributed by atoms with Gasteiger partial charge in [0.15, 0.2) is 3.98 Å². The molecule has 2 aromatic carbocycles. The van der Waals surface area contributed by atoms with E-state index in [1.165, 1.54) is 25.9 Å². The lowest BCUT2D eigenvalue weighted by molar-refractivity contribution is 0.956. The number of aromatic amines is 1. The fraction of sp³-hybridized carbons (Fsp3) is 0.118. The molecule has 0 saturated heterocycles. The van der Waals surface area contributed by atoms with Gasteiger partial charge in [-0.1, -0.05) is 29.8 Å². The van der Waals surface area contributed by atoms with Gasteiger partial charge in [0.1, 0.15) is 0 Å². The van der Waals surface area contributed by atoms with Crippen molar-refractivity contribution in [2.24, 2.45) is 4.99 Å². The average molecular weight is 345 g/mol. The molecule has 0 aliphatic carbocycles. The topological polar surface area (TPSA) is 28.1 Å². The lowest BCUT2D eigenvalue weighted by Crippen LogP contribution is -1.94. The molecule has 0 radical (unpaired) electrons. The van der Waals surface area contributed by atoms with Crippen molar-refractivity contribution in [2.45, 2.75) is 6.42 Å². The van der Waals surface area contributed by atoms with Gasteiger partial charge >= 0.3 is 0 Å². The maximum Gasteiger partial charge on any atom is 0.167 e. The molecule has 5 heteroatoms. The van der Waals surface area contributed by atoms with Crippen LogP contribution in [-0.2, 0) is 6.42 Å². The Bertz CT molecular complexity index is 1010. The summed E-state index contributed by atoms with van der Waals surface area (Å²) in [6.07, 6.45) is 3.04. The van der Waals surface area contributed by atoms with Gasteiger partial charge < -0.3 is 4.98 Å². The molecule has 4 rings (SSSR count). The first-order valence-corrected chi connectivity index (χ1v) is 9.05. The Hall–Kier alpha value is -1.62. The van der Waals surface area contributed by atoms with Gasteiger partial charge in [-0.05, 0) is 36.2 Å². The maximum atomic E-state index is 6.03. The molecule has 0 amide bonds. The van der Waals surface area contributed by atoms with Crippen molar-refractivity contribution < 1.29 is 0 Å². The van der Waals surface area contributed by atoms with Gasteiger partial charge in [0.05, 0.1) is 0 Å². The second-order valence-electron chi connectivity index (χ2n) is 5.05. The molecule has 0 unspecified atom stereocenters. The molecule has 4 aromatic rings. The van der Waals surface area contributed by atoms with E-state index in [4.69, 9.17) is 16.6 Å². The molecule has 0 aliphatic rings. The quantitative estimate of drug-likeness (QED) is 0.526. The molecule has 0 fully saturated rings. The smallest absolute Gasteiger partial charge is 0.167 e. The van der Waals surface area contributed by atoms with Crippen LogP contribution < -0.4 is 3.98 Å². The standard InChI is InChI=1S/C17H13ClN2S2/c18-12-5-6-15-16(9-12)22-17(21-15)19-8-7-11-10-20-14-4-2-1-3-13(11)14/h1-6,9-10,20H,7-8H2/b19-17-. The Morgan fingerprint density at radius 3 is 2.86 bits per heavy atom. The van der Waals surface area contributed by atoms with Crippen LogP contribution in [0, 0.1) is 0 Å². The first kappa shape index (κ1) is 14.0. The van der Waals surface area contributed by atoms with Crippen molar-refractivity contribution in [3.8, 4) is 0 Å². The minimum absolute atomic E-state index is 0.784. The van der Waals surface area contributed by atoms with Gasteiger partial charge in [0.25, 0.3) is 0 Å². The highest BCUT2D eigenvalue weighted by atomic mass is 35.5. The number of nitrogens with zero attached hydrogens (tertiary/aromatic N) is 1.